The van der Waals surface area contributed by atoms with Gasteiger partial charge >= 0.3 is 0 Å². The number of fused-ring (bicyclic) bond motifs is 2. The van der Waals surface area contributed by atoms with E-state index < -0.39 is 0 Å². The molecule has 164 valence electrons. The fraction of sp³-hybridized carbons (Fsp3) is 0.652. The van der Waals surface area contributed by atoms with E-state index in [1.54, 1.807) is 0 Å². The first-order chi connectivity index (χ1) is 14.6. The fourth-order valence-corrected chi connectivity index (χ4v) is 6.26. The van der Waals surface area contributed by atoms with Crippen molar-refractivity contribution in [2.45, 2.75) is 75.0 Å². The molecule has 0 radical (unpaired) electrons. The highest BCUT2D eigenvalue weighted by Gasteiger charge is 2.45. The van der Waals surface area contributed by atoms with Gasteiger partial charge < -0.3 is 20.9 Å². The molecule has 2 heterocycles. The van der Waals surface area contributed by atoms with Crippen molar-refractivity contribution in [2.75, 3.05) is 19.3 Å². The van der Waals surface area contributed by atoms with Crippen LogP contribution in [0.4, 0.5) is 0 Å². The Kier molecular flexibility index (Phi) is 7.01. The van der Waals surface area contributed by atoms with Gasteiger partial charge in [0.1, 0.15) is 6.04 Å². The Morgan fingerprint density at radius 2 is 2.03 bits per heavy atom. The molecule has 2 fully saturated rings. The van der Waals surface area contributed by atoms with Crippen molar-refractivity contribution in [2.24, 2.45) is 0 Å². The summed E-state index contributed by atoms with van der Waals surface area (Å²) in [6.07, 6.45) is 5.60. The Hall–Kier alpha value is -1.57. The van der Waals surface area contributed by atoms with Gasteiger partial charge in [-0.05, 0) is 69.4 Å². The van der Waals surface area contributed by atoms with E-state index in [1.165, 1.54) is 11.1 Å². The standard InChI is InChI=1S/C23H34N4O2S/c1-15(24-2)14-25-19-12-13-30-21-11-10-20(27(21)23(19)29)22(28)26-18-9-5-7-16-6-3-4-8-17(16)18/h3-4,6,8,15,18-21,24-25H,5,7,9-14H2,1-2H3,(H,26,28)/t15-,18+,19-,20+,21-/m0/s1. The minimum atomic E-state index is -0.354. The van der Waals surface area contributed by atoms with Crippen molar-refractivity contribution < 1.29 is 9.59 Å². The van der Waals surface area contributed by atoms with Crippen LogP contribution in [0.2, 0.25) is 0 Å². The number of carbonyl (C=O) groups excluding carboxylic acids is 2. The number of hydrogen-bond acceptors (Lipinski definition) is 5. The van der Waals surface area contributed by atoms with Crippen LogP contribution in [0.1, 0.15) is 56.2 Å². The van der Waals surface area contributed by atoms with Crippen LogP contribution in [-0.2, 0) is 16.0 Å². The number of thioether (sulfide) groups is 1. The highest BCUT2D eigenvalue weighted by Crippen LogP contribution is 2.36. The lowest BCUT2D eigenvalue weighted by molar-refractivity contribution is -0.140. The highest BCUT2D eigenvalue weighted by atomic mass is 32.2. The summed E-state index contributed by atoms with van der Waals surface area (Å²) in [5.41, 5.74) is 2.58. The molecule has 0 bridgehead atoms. The third kappa shape index (κ3) is 4.53. The number of nitrogens with zero attached hydrogens (tertiary/aromatic N) is 1. The van der Waals surface area contributed by atoms with Gasteiger partial charge in [-0.2, -0.15) is 0 Å². The van der Waals surface area contributed by atoms with Gasteiger partial charge in [-0.25, -0.2) is 0 Å². The quantitative estimate of drug-likeness (QED) is 0.645. The molecule has 6 nitrogen and oxygen atoms in total. The Morgan fingerprint density at radius 1 is 1.20 bits per heavy atom. The summed E-state index contributed by atoms with van der Waals surface area (Å²) >= 11 is 1.83. The van der Waals surface area contributed by atoms with Crippen molar-refractivity contribution in [3.05, 3.63) is 35.4 Å². The topological polar surface area (TPSA) is 73.5 Å². The Bertz CT molecular complexity index is 773. The second-order valence-electron chi connectivity index (χ2n) is 8.76. The summed E-state index contributed by atoms with van der Waals surface area (Å²) in [5, 5.41) is 10.1. The van der Waals surface area contributed by atoms with Crippen molar-refractivity contribution in [3.63, 3.8) is 0 Å². The number of amides is 2. The lowest BCUT2D eigenvalue weighted by Crippen LogP contribution is -2.54. The molecule has 3 N–H and O–H groups in total. The summed E-state index contributed by atoms with van der Waals surface area (Å²) in [6.45, 7) is 2.84. The molecule has 1 aromatic carbocycles. The number of aryl methyl sites for hydroxylation is 1. The average Bonchev–Trinajstić information content (AvgIpc) is 3.13. The van der Waals surface area contributed by atoms with Crippen molar-refractivity contribution >= 4 is 23.6 Å². The van der Waals surface area contributed by atoms with Crippen LogP contribution in [-0.4, -0.2) is 59.6 Å². The van der Waals surface area contributed by atoms with Gasteiger partial charge in [0, 0.05) is 12.6 Å². The zero-order valence-electron chi connectivity index (χ0n) is 18.0. The second-order valence-corrected chi connectivity index (χ2v) is 10.0. The van der Waals surface area contributed by atoms with E-state index in [1.807, 2.05) is 29.8 Å². The minimum Gasteiger partial charge on any atom is -0.347 e. The molecule has 2 amide bonds. The van der Waals surface area contributed by atoms with Crippen molar-refractivity contribution in [1.82, 2.24) is 20.9 Å². The predicted octanol–water partition coefficient (Wildman–Crippen LogP) is 2.20. The van der Waals surface area contributed by atoms with Gasteiger partial charge in [0.05, 0.1) is 17.5 Å². The van der Waals surface area contributed by atoms with E-state index in [4.69, 9.17) is 0 Å². The zero-order chi connectivity index (χ0) is 21.1. The van der Waals surface area contributed by atoms with E-state index in [9.17, 15) is 9.59 Å². The molecule has 4 rings (SSSR count). The van der Waals surface area contributed by atoms with E-state index in [0.29, 0.717) is 6.04 Å². The Labute approximate surface area is 183 Å². The van der Waals surface area contributed by atoms with Crippen molar-refractivity contribution in [3.8, 4) is 0 Å². The van der Waals surface area contributed by atoms with Gasteiger partial charge in [0.25, 0.3) is 0 Å². The maximum Gasteiger partial charge on any atom is 0.243 e. The fourth-order valence-electron chi connectivity index (χ4n) is 4.90. The van der Waals surface area contributed by atoms with E-state index in [0.717, 1.165) is 50.8 Å². The van der Waals surface area contributed by atoms with Crippen LogP contribution >= 0.6 is 11.8 Å². The van der Waals surface area contributed by atoms with Gasteiger partial charge in [-0.15, -0.1) is 11.8 Å². The van der Waals surface area contributed by atoms with E-state index >= 15 is 0 Å². The summed E-state index contributed by atoms with van der Waals surface area (Å²) in [5.74, 6) is 1.05. The number of nitrogens with one attached hydrogen (secondary N) is 3. The molecule has 0 spiro atoms. The summed E-state index contributed by atoms with van der Waals surface area (Å²) in [7, 11) is 1.93. The first-order valence-electron chi connectivity index (χ1n) is 11.3. The molecule has 1 aromatic rings. The molecule has 0 aromatic heterocycles. The Morgan fingerprint density at radius 3 is 2.87 bits per heavy atom. The lowest BCUT2D eigenvalue weighted by atomic mass is 9.87. The number of likely N-dealkylation sites (N-methyl/N-ethyl adjacent to an activating group) is 1. The summed E-state index contributed by atoms with van der Waals surface area (Å²) < 4.78 is 0. The SMILES string of the molecule is CN[C@@H](C)CN[C@H]1CCS[C@H]2CC[C@H](C(=O)N[C@@H]3CCCc4ccccc43)N2C1=O. The third-order valence-corrected chi connectivity index (χ3v) is 8.07. The number of benzene rings is 1. The van der Waals surface area contributed by atoms with Crippen LogP contribution in [0, 0.1) is 0 Å². The molecule has 0 saturated carbocycles. The maximum atomic E-state index is 13.4. The number of hydrogen-bond donors (Lipinski definition) is 3. The molecule has 7 heteroatoms. The van der Waals surface area contributed by atoms with Crippen LogP contribution in [0.3, 0.4) is 0 Å². The first kappa shape index (κ1) is 21.7. The van der Waals surface area contributed by atoms with Crippen LogP contribution < -0.4 is 16.0 Å². The van der Waals surface area contributed by atoms with Crippen LogP contribution in [0.15, 0.2) is 24.3 Å². The molecule has 5 atom stereocenters. The van der Waals surface area contributed by atoms with E-state index in [-0.39, 0.29) is 35.3 Å². The zero-order valence-corrected chi connectivity index (χ0v) is 18.8. The maximum absolute atomic E-state index is 13.4. The van der Waals surface area contributed by atoms with Crippen LogP contribution in [0.5, 0.6) is 0 Å². The second kappa shape index (κ2) is 9.71. The molecular weight excluding hydrogens is 396 g/mol. The summed E-state index contributed by atoms with van der Waals surface area (Å²) in [4.78, 5) is 28.6. The number of rotatable bonds is 6. The van der Waals surface area contributed by atoms with E-state index in [2.05, 4.69) is 41.1 Å². The minimum absolute atomic E-state index is 0.0115. The van der Waals surface area contributed by atoms with Crippen molar-refractivity contribution in [1.29, 1.82) is 0 Å². The first-order valence-corrected chi connectivity index (χ1v) is 12.4. The monoisotopic (exact) mass is 430 g/mol. The Balaban J connectivity index is 1.45. The molecule has 2 aliphatic heterocycles. The van der Waals surface area contributed by atoms with Gasteiger partial charge in [-0.3, -0.25) is 9.59 Å². The van der Waals surface area contributed by atoms with Gasteiger partial charge in [-0.1, -0.05) is 24.3 Å². The van der Waals surface area contributed by atoms with Gasteiger partial charge in [0.15, 0.2) is 0 Å². The highest BCUT2D eigenvalue weighted by molar-refractivity contribution is 7.99. The molecular formula is C23H34N4O2S. The lowest BCUT2D eigenvalue weighted by Gasteiger charge is -2.32. The number of carbonyl (C=O) groups is 2. The molecule has 30 heavy (non-hydrogen) atoms. The van der Waals surface area contributed by atoms with Crippen LogP contribution in [0.25, 0.3) is 0 Å². The smallest absolute Gasteiger partial charge is 0.243 e. The molecule has 0 unspecified atom stereocenters. The molecule has 3 aliphatic rings. The molecule has 1 aliphatic carbocycles. The molecule has 2 saturated heterocycles. The normalized spacial score (nSPS) is 29.7. The summed E-state index contributed by atoms with van der Waals surface area (Å²) in [6, 6.07) is 8.21. The third-order valence-electron chi connectivity index (χ3n) is 6.75. The predicted molar refractivity (Wildman–Crippen MR) is 121 cm³/mol. The largest absolute Gasteiger partial charge is 0.347 e. The van der Waals surface area contributed by atoms with Gasteiger partial charge in [0.2, 0.25) is 11.8 Å². The average molecular weight is 431 g/mol.